The molecule has 4 nitrogen and oxygen atoms in total. The molecule has 0 radical (unpaired) electrons. The van der Waals surface area contributed by atoms with Gasteiger partial charge in [0.1, 0.15) is 5.75 Å². The Hall–Kier alpha value is -1.55. The van der Waals surface area contributed by atoms with E-state index in [4.69, 9.17) is 4.74 Å². The van der Waals surface area contributed by atoms with Crippen LogP contribution < -0.4 is 15.0 Å². The van der Waals surface area contributed by atoms with Crippen LogP contribution in [0, 0.1) is 5.92 Å². The maximum atomic E-state index is 12.7. The van der Waals surface area contributed by atoms with E-state index in [2.05, 4.69) is 19.2 Å². The second kappa shape index (κ2) is 7.46. The quantitative estimate of drug-likeness (QED) is 0.906. The zero-order chi connectivity index (χ0) is 15.2. The topological polar surface area (TPSA) is 41.6 Å². The fourth-order valence-electron chi connectivity index (χ4n) is 2.81. The SMILES string of the molecule is COc1ccc(N(C(=O)CC(C)C)C2CCNCC2)cc1. The highest BCUT2D eigenvalue weighted by Crippen LogP contribution is 2.26. The number of ether oxygens (including phenoxy) is 1. The molecule has 0 aliphatic carbocycles. The first-order chi connectivity index (χ1) is 10.1. The van der Waals surface area contributed by atoms with Crippen molar-refractivity contribution in [2.24, 2.45) is 5.92 Å². The van der Waals surface area contributed by atoms with Crippen LogP contribution in [0.5, 0.6) is 5.75 Å². The zero-order valence-corrected chi connectivity index (χ0v) is 13.3. The molecular formula is C17H26N2O2. The highest BCUT2D eigenvalue weighted by Gasteiger charge is 2.27. The maximum Gasteiger partial charge on any atom is 0.227 e. The number of nitrogens with zero attached hydrogens (tertiary/aromatic N) is 1. The van der Waals surface area contributed by atoms with E-state index >= 15 is 0 Å². The number of methoxy groups -OCH3 is 1. The monoisotopic (exact) mass is 290 g/mol. The Morgan fingerprint density at radius 1 is 1.29 bits per heavy atom. The third kappa shape index (κ3) is 4.21. The number of benzene rings is 1. The lowest BCUT2D eigenvalue weighted by molar-refractivity contribution is -0.119. The molecule has 0 bridgehead atoms. The zero-order valence-electron chi connectivity index (χ0n) is 13.3. The van der Waals surface area contributed by atoms with Crippen LogP contribution in [0.4, 0.5) is 5.69 Å². The first-order valence-corrected chi connectivity index (χ1v) is 7.78. The molecule has 1 aromatic rings. The van der Waals surface area contributed by atoms with Gasteiger partial charge in [0.15, 0.2) is 0 Å². The van der Waals surface area contributed by atoms with Gasteiger partial charge in [-0.1, -0.05) is 13.8 Å². The Labute approximate surface area is 127 Å². The van der Waals surface area contributed by atoms with Crippen LogP contribution in [0.15, 0.2) is 24.3 Å². The average Bonchev–Trinajstić information content (AvgIpc) is 2.48. The number of piperidine rings is 1. The molecule has 1 amide bonds. The van der Waals surface area contributed by atoms with Crippen molar-refractivity contribution in [1.29, 1.82) is 0 Å². The molecule has 0 atom stereocenters. The molecule has 0 unspecified atom stereocenters. The predicted octanol–water partition coefficient (Wildman–Crippen LogP) is 2.83. The summed E-state index contributed by atoms with van der Waals surface area (Å²) in [5, 5.41) is 3.36. The summed E-state index contributed by atoms with van der Waals surface area (Å²) >= 11 is 0. The normalized spacial score (nSPS) is 16.0. The molecule has 1 fully saturated rings. The molecule has 1 aliphatic heterocycles. The fraction of sp³-hybridized carbons (Fsp3) is 0.588. The molecule has 0 saturated carbocycles. The lowest BCUT2D eigenvalue weighted by atomic mass is 10.0. The van der Waals surface area contributed by atoms with Crippen LogP contribution in [0.3, 0.4) is 0 Å². The van der Waals surface area contributed by atoms with Crippen molar-refractivity contribution in [3.05, 3.63) is 24.3 Å². The third-order valence-electron chi connectivity index (χ3n) is 3.88. The molecule has 1 N–H and O–H groups in total. The van der Waals surface area contributed by atoms with Crippen molar-refractivity contribution in [3.8, 4) is 5.75 Å². The summed E-state index contributed by atoms with van der Waals surface area (Å²) in [6, 6.07) is 8.11. The molecular weight excluding hydrogens is 264 g/mol. The highest BCUT2D eigenvalue weighted by molar-refractivity contribution is 5.94. The molecule has 1 heterocycles. The van der Waals surface area contributed by atoms with Gasteiger partial charge in [0.2, 0.25) is 5.91 Å². The number of carbonyl (C=O) groups is 1. The molecule has 21 heavy (non-hydrogen) atoms. The molecule has 1 saturated heterocycles. The van der Waals surface area contributed by atoms with Gasteiger partial charge in [0, 0.05) is 18.2 Å². The Balaban J connectivity index is 2.22. The Bertz CT molecular complexity index is 450. The molecule has 2 rings (SSSR count). The van der Waals surface area contributed by atoms with Crippen LogP contribution in [0.2, 0.25) is 0 Å². The van der Waals surface area contributed by atoms with Gasteiger partial charge >= 0.3 is 0 Å². The first-order valence-electron chi connectivity index (χ1n) is 7.78. The van der Waals surface area contributed by atoms with Gasteiger partial charge < -0.3 is 15.0 Å². The Morgan fingerprint density at radius 3 is 2.43 bits per heavy atom. The summed E-state index contributed by atoms with van der Waals surface area (Å²) in [5.41, 5.74) is 0.980. The number of hydrogen-bond donors (Lipinski definition) is 1. The minimum absolute atomic E-state index is 0.224. The summed E-state index contributed by atoms with van der Waals surface area (Å²) in [4.78, 5) is 14.7. The van der Waals surface area contributed by atoms with E-state index in [1.165, 1.54) is 0 Å². The molecule has 0 aromatic heterocycles. The van der Waals surface area contributed by atoms with Crippen molar-refractivity contribution in [1.82, 2.24) is 5.32 Å². The Morgan fingerprint density at radius 2 is 1.90 bits per heavy atom. The van der Waals surface area contributed by atoms with E-state index < -0.39 is 0 Å². The van der Waals surface area contributed by atoms with E-state index in [0.717, 1.165) is 37.4 Å². The Kier molecular flexibility index (Phi) is 5.62. The summed E-state index contributed by atoms with van der Waals surface area (Å²) in [6.07, 6.45) is 2.61. The van der Waals surface area contributed by atoms with Gasteiger partial charge in [0.05, 0.1) is 7.11 Å². The van der Waals surface area contributed by atoms with Crippen LogP contribution in [0.1, 0.15) is 33.1 Å². The van der Waals surface area contributed by atoms with Gasteiger partial charge in [-0.2, -0.15) is 0 Å². The molecule has 1 aromatic carbocycles. The van der Waals surface area contributed by atoms with E-state index in [1.54, 1.807) is 7.11 Å². The standard InChI is InChI=1S/C17H26N2O2/c1-13(2)12-17(20)19(15-8-10-18-11-9-15)14-4-6-16(21-3)7-5-14/h4-7,13,15,18H,8-12H2,1-3H3. The van der Waals surface area contributed by atoms with Crippen molar-refractivity contribution in [2.45, 2.75) is 39.2 Å². The lowest BCUT2D eigenvalue weighted by Crippen LogP contribution is -2.46. The highest BCUT2D eigenvalue weighted by atomic mass is 16.5. The van der Waals surface area contributed by atoms with Crippen LogP contribution in [0.25, 0.3) is 0 Å². The second-order valence-electron chi connectivity index (χ2n) is 6.04. The average molecular weight is 290 g/mol. The van der Waals surface area contributed by atoms with Gasteiger partial charge in [-0.15, -0.1) is 0 Å². The van der Waals surface area contributed by atoms with Crippen LogP contribution in [-0.2, 0) is 4.79 Å². The van der Waals surface area contributed by atoms with E-state index in [0.29, 0.717) is 18.4 Å². The summed E-state index contributed by atoms with van der Waals surface area (Å²) in [7, 11) is 1.66. The van der Waals surface area contributed by atoms with Crippen LogP contribution in [-0.4, -0.2) is 32.1 Å². The van der Waals surface area contributed by atoms with Crippen molar-refractivity contribution < 1.29 is 9.53 Å². The second-order valence-corrected chi connectivity index (χ2v) is 6.04. The summed E-state index contributed by atoms with van der Waals surface area (Å²) < 4.78 is 5.21. The summed E-state index contributed by atoms with van der Waals surface area (Å²) in [5.74, 6) is 1.42. The van der Waals surface area contributed by atoms with Crippen molar-refractivity contribution in [3.63, 3.8) is 0 Å². The first kappa shape index (κ1) is 15.8. The van der Waals surface area contributed by atoms with Crippen molar-refractivity contribution in [2.75, 3.05) is 25.1 Å². The number of rotatable bonds is 5. The smallest absolute Gasteiger partial charge is 0.227 e. The molecule has 1 aliphatic rings. The number of carbonyl (C=O) groups excluding carboxylic acids is 1. The van der Waals surface area contributed by atoms with E-state index in [9.17, 15) is 4.79 Å². The fourth-order valence-corrected chi connectivity index (χ4v) is 2.81. The predicted molar refractivity (Wildman–Crippen MR) is 85.8 cm³/mol. The van der Waals surface area contributed by atoms with Gasteiger partial charge in [-0.3, -0.25) is 4.79 Å². The minimum atomic E-state index is 0.224. The molecule has 4 heteroatoms. The molecule has 0 spiro atoms. The largest absolute Gasteiger partial charge is 0.497 e. The van der Waals surface area contributed by atoms with Gasteiger partial charge in [-0.25, -0.2) is 0 Å². The number of nitrogens with one attached hydrogen (secondary N) is 1. The van der Waals surface area contributed by atoms with Crippen molar-refractivity contribution >= 4 is 11.6 Å². The number of anilines is 1. The maximum absolute atomic E-state index is 12.7. The summed E-state index contributed by atoms with van der Waals surface area (Å²) in [6.45, 7) is 6.14. The number of amides is 1. The number of hydrogen-bond acceptors (Lipinski definition) is 3. The van der Waals surface area contributed by atoms with Crippen LogP contribution >= 0.6 is 0 Å². The van der Waals surface area contributed by atoms with E-state index in [1.807, 2.05) is 29.2 Å². The lowest BCUT2D eigenvalue weighted by Gasteiger charge is -2.35. The molecule has 116 valence electrons. The van der Waals surface area contributed by atoms with E-state index in [-0.39, 0.29) is 5.91 Å². The van der Waals surface area contributed by atoms with Gasteiger partial charge in [-0.05, 0) is 56.1 Å². The minimum Gasteiger partial charge on any atom is -0.497 e. The van der Waals surface area contributed by atoms with Gasteiger partial charge in [0.25, 0.3) is 0 Å². The third-order valence-corrected chi connectivity index (χ3v) is 3.88.